The van der Waals surface area contributed by atoms with Gasteiger partial charge in [-0.25, -0.2) is 5.01 Å². The normalized spacial score (nSPS) is 38.8. The molecule has 1 saturated heterocycles. The van der Waals surface area contributed by atoms with E-state index in [1.54, 1.807) is 0 Å². The fourth-order valence-corrected chi connectivity index (χ4v) is 2.39. The summed E-state index contributed by atoms with van der Waals surface area (Å²) in [6.45, 7) is 2.64. The molecule has 0 aromatic heterocycles. The van der Waals surface area contributed by atoms with Gasteiger partial charge in [-0.05, 0) is 18.8 Å². The molecule has 2 N–H and O–H groups in total. The van der Waals surface area contributed by atoms with Crippen molar-refractivity contribution in [2.24, 2.45) is 11.8 Å². The number of rotatable bonds is 0. The summed E-state index contributed by atoms with van der Waals surface area (Å²) in [5.41, 5.74) is 0. The molecule has 0 amide bonds. The van der Waals surface area contributed by atoms with Crippen LogP contribution in [0.5, 0.6) is 0 Å². The predicted octanol–water partition coefficient (Wildman–Crippen LogP) is 0.751. The predicted molar refractivity (Wildman–Crippen MR) is 47.5 cm³/mol. The fraction of sp³-hybridized carbons (Fsp3) is 1.00. The third-order valence-corrected chi connectivity index (χ3v) is 3.12. The van der Waals surface area contributed by atoms with E-state index in [4.69, 9.17) is 10.6 Å². The minimum absolute atomic E-state index is 0.598. The molecule has 70 valence electrons. The lowest BCUT2D eigenvalue weighted by atomic mass is 9.85. The number of nitrogens with zero attached hydrogens (tertiary/aromatic N) is 1. The molecule has 12 heavy (non-hydrogen) atoms. The largest absolute Gasteiger partial charge is 0.380 e. The lowest BCUT2D eigenvalue weighted by molar-refractivity contribution is 0.0942. The molecule has 1 heterocycles. The van der Waals surface area contributed by atoms with Crippen LogP contribution in [0.3, 0.4) is 0 Å². The molecule has 1 aliphatic heterocycles. The Bertz CT molecular complexity index is 151. The fourth-order valence-electron chi connectivity index (χ4n) is 2.39. The Kier molecular flexibility index (Phi) is 2.63. The third-order valence-electron chi connectivity index (χ3n) is 3.12. The molecule has 2 aliphatic rings. The van der Waals surface area contributed by atoms with Crippen molar-refractivity contribution in [3.05, 3.63) is 0 Å². The molecule has 2 fully saturated rings. The van der Waals surface area contributed by atoms with Crippen LogP contribution in [0.2, 0.25) is 0 Å². The molecule has 0 spiro atoms. The zero-order valence-corrected chi connectivity index (χ0v) is 7.54. The third kappa shape index (κ3) is 1.63. The van der Waals surface area contributed by atoms with Gasteiger partial charge in [0, 0.05) is 12.6 Å². The van der Waals surface area contributed by atoms with Gasteiger partial charge in [-0.15, -0.1) is 0 Å². The van der Waals surface area contributed by atoms with Crippen molar-refractivity contribution in [3.63, 3.8) is 0 Å². The van der Waals surface area contributed by atoms with E-state index in [-0.39, 0.29) is 0 Å². The smallest absolute Gasteiger partial charge is 0.0607 e. The lowest BCUT2D eigenvalue weighted by Gasteiger charge is -2.34. The van der Waals surface area contributed by atoms with Crippen LogP contribution >= 0.6 is 0 Å². The van der Waals surface area contributed by atoms with E-state index in [0.717, 1.165) is 19.8 Å². The maximum absolute atomic E-state index is 5.94. The average molecular weight is 170 g/mol. The maximum atomic E-state index is 5.94. The molecule has 0 unspecified atom stereocenters. The molecule has 1 aliphatic carbocycles. The average Bonchev–Trinajstić information content (AvgIpc) is 2.29. The van der Waals surface area contributed by atoms with Gasteiger partial charge >= 0.3 is 0 Å². The van der Waals surface area contributed by atoms with Crippen LogP contribution in [0.25, 0.3) is 0 Å². The molecule has 0 aromatic rings. The number of nitrogens with two attached hydrogens (primary N) is 1. The molecule has 3 nitrogen and oxygen atoms in total. The van der Waals surface area contributed by atoms with E-state index in [1.807, 2.05) is 5.01 Å². The monoisotopic (exact) mass is 170 g/mol. The molecule has 2 atom stereocenters. The molecule has 3 heteroatoms. The van der Waals surface area contributed by atoms with Crippen molar-refractivity contribution in [1.29, 1.82) is 0 Å². The first-order valence-electron chi connectivity index (χ1n) is 4.97. The Morgan fingerprint density at radius 3 is 3.00 bits per heavy atom. The molecule has 0 bridgehead atoms. The van der Waals surface area contributed by atoms with E-state index >= 15 is 0 Å². The summed E-state index contributed by atoms with van der Waals surface area (Å²) in [7, 11) is 0. The van der Waals surface area contributed by atoms with Crippen LogP contribution in [0.4, 0.5) is 0 Å². The van der Waals surface area contributed by atoms with Gasteiger partial charge in [0.15, 0.2) is 0 Å². The summed E-state index contributed by atoms with van der Waals surface area (Å²) in [6, 6.07) is 0.598. The Balaban J connectivity index is 2.01. The van der Waals surface area contributed by atoms with Crippen molar-refractivity contribution in [3.8, 4) is 0 Å². The summed E-state index contributed by atoms with van der Waals surface area (Å²) in [5, 5.41) is 2.00. The molecular formula is C9H18N2O. The van der Waals surface area contributed by atoms with Crippen molar-refractivity contribution in [2.45, 2.75) is 31.7 Å². The highest BCUT2D eigenvalue weighted by Crippen LogP contribution is 2.28. The molecular weight excluding hydrogens is 152 g/mol. The number of ether oxygens (including phenoxy) is 1. The van der Waals surface area contributed by atoms with Gasteiger partial charge in [-0.3, -0.25) is 5.84 Å². The minimum atomic E-state index is 0.598. The van der Waals surface area contributed by atoms with E-state index in [9.17, 15) is 0 Å². The van der Waals surface area contributed by atoms with Crippen LogP contribution in [0.15, 0.2) is 0 Å². The van der Waals surface area contributed by atoms with Gasteiger partial charge in [0.2, 0.25) is 0 Å². The van der Waals surface area contributed by atoms with E-state index in [2.05, 4.69) is 0 Å². The van der Waals surface area contributed by atoms with Crippen LogP contribution in [-0.4, -0.2) is 30.8 Å². The number of fused-ring (bicyclic) bond motifs is 1. The van der Waals surface area contributed by atoms with Crippen LogP contribution in [0, 0.1) is 5.92 Å². The second-order valence-corrected chi connectivity index (χ2v) is 3.92. The Labute approximate surface area is 73.8 Å². The number of hydrogen-bond acceptors (Lipinski definition) is 3. The van der Waals surface area contributed by atoms with Crippen molar-refractivity contribution >= 4 is 0 Å². The van der Waals surface area contributed by atoms with Gasteiger partial charge in [-0.2, -0.15) is 0 Å². The summed E-state index contributed by atoms with van der Waals surface area (Å²) in [5.74, 6) is 6.64. The Morgan fingerprint density at radius 2 is 2.08 bits per heavy atom. The lowest BCUT2D eigenvalue weighted by Crippen LogP contribution is -2.46. The zero-order valence-electron chi connectivity index (χ0n) is 7.54. The zero-order chi connectivity index (χ0) is 8.39. The van der Waals surface area contributed by atoms with E-state index in [1.165, 1.54) is 25.7 Å². The first-order chi connectivity index (χ1) is 5.88. The van der Waals surface area contributed by atoms with Crippen LogP contribution in [-0.2, 0) is 4.74 Å². The SMILES string of the molecule is NN1CCOC[C@H]2CCCC[C@@H]21. The maximum Gasteiger partial charge on any atom is 0.0607 e. The van der Waals surface area contributed by atoms with E-state index in [0.29, 0.717) is 12.0 Å². The quantitative estimate of drug-likeness (QED) is 0.545. The van der Waals surface area contributed by atoms with Gasteiger partial charge in [-0.1, -0.05) is 12.8 Å². The summed E-state index contributed by atoms with van der Waals surface area (Å²) in [6.07, 6.45) is 5.27. The van der Waals surface area contributed by atoms with Crippen molar-refractivity contribution < 1.29 is 4.74 Å². The molecule has 0 radical (unpaired) electrons. The molecule has 2 rings (SSSR count). The topological polar surface area (TPSA) is 38.5 Å². The highest BCUT2D eigenvalue weighted by Gasteiger charge is 2.30. The molecule has 0 aromatic carbocycles. The van der Waals surface area contributed by atoms with Crippen LogP contribution in [0.1, 0.15) is 25.7 Å². The first-order valence-corrected chi connectivity index (χ1v) is 4.97. The first kappa shape index (κ1) is 8.48. The number of hydrogen-bond donors (Lipinski definition) is 1. The van der Waals surface area contributed by atoms with Crippen molar-refractivity contribution in [2.75, 3.05) is 19.8 Å². The Hall–Kier alpha value is -0.120. The standard InChI is InChI=1S/C9H18N2O/c10-11-5-6-12-7-8-3-1-2-4-9(8)11/h8-9H,1-7,10H2/t8-,9+/m1/s1. The summed E-state index contributed by atoms with van der Waals surface area (Å²) >= 11 is 0. The summed E-state index contributed by atoms with van der Waals surface area (Å²) in [4.78, 5) is 0. The second-order valence-electron chi connectivity index (χ2n) is 3.92. The number of hydrazine groups is 1. The molecule has 1 saturated carbocycles. The van der Waals surface area contributed by atoms with Gasteiger partial charge in [0.25, 0.3) is 0 Å². The van der Waals surface area contributed by atoms with Crippen LogP contribution < -0.4 is 5.84 Å². The van der Waals surface area contributed by atoms with Gasteiger partial charge < -0.3 is 4.74 Å². The Morgan fingerprint density at radius 1 is 1.25 bits per heavy atom. The van der Waals surface area contributed by atoms with Gasteiger partial charge in [0.05, 0.1) is 13.2 Å². The highest BCUT2D eigenvalue weighted by atomic mass is 16.5. The van der Waals surface area contributed by atoms with E-state index < -0.39 is 0 Å². The summed E-state index contributed by atoms with van der Waals surface area (Å²) < 4.78 is 5.51. The van der Waals surface area contributed by atoms with Gasteiger partial charge in [0.1, 0.15) is 0 Å². The highest BCUT2D eigenvalue weighted by molar-refractivity contribution is 4.82. The minimum Gasteiger partial charge on any atom is -0.380 e. The van der Waals surface area contributed by atoms with Crippen molar-refractivity contribution in [1.82, 2.24) is 5.01 Å². The second kappa shape index (κ2) is 3.73.